The molecule has 1 aromatic heterocycles. The summed E-state index contributed by atoms with van der Waals surface area (Å²) in [5.74, 6) is 0.0939. The number of nitrogens with one attached hydrogen (secondary N) is 4. The second-order valence-corrected chi connectivity index (χ2v) is 7.46. The number of quaternary nitrogens is 1. The smallest absolute Gasteiger partial charge is 0.277 e. The van der Waals surface area contributed by atoms with Crippen LogP contribution in [0.3, 0.4) is 0 Å². The number of benzene rings is 1. The third kappa shape index (κ3) is 6.72. The highest BCUT2D eigenvalue weighted by atomic mass is 32.2. The van der Waals surface area contributed by atoms with Gasteiger partial charge in [0, 0.05) is 12.0 Å². The molecule has 156 valence electrons. The van der Waals surface area contributed by atoms with Crippen molar-refractivity contribution in [1.29, 1.82) is 0 Å². The topological polar surface area (TPSA) is 108 Å². The van der Waals surface area contributed by atoms with Crippen molar-refractivity contribution in [2.24, 2.45) is 0 Å². The van der Waals surface area contributed by atoms with Gasteiger partial charge in [-0.3, -0.25) is 19.4 Å². The summed E-state index contributed by atoms with van der Waals surface area (Å²) in [5, 5.41) is 5.60. The Morgan fingerprint density at radius 3 is 2.41 bits per heavy atom. The fourth-order valence-electron chi connectivity index (χ4n) is 2.62. The Balaban J connectivity index is 2.24. The van der Waals surface area contributed by atoms with E-state index < -0.39 is 11.5 Å². The van der Waals surface area contributed by atoms with E-state index in [9.17, 15) is 14.4 Å². The van der Waals surface area contributed by atoms with Gasteiger partial charge in [0.15, 0.2) is 16.7 Å². The normalized spacial score (nSPS) is 10.8. The summed E-state index contributed by atoms with van der Waals surface area (Å²) >= 11 is 1.41. The Hall–Kier alpha value is -2.65. The van der Waals surface area contributed by atoms with Crippen molar-refractivity contribution in [3.8, 4) is 0 Å². The van der Waals surface area contributed by atoms with Gasteiger partial charge in [0.05, 0.1) is 25.4 Å². The first-order valence-electron chi connectivity index (χ1n) is 9.75. The number of thioether (sulfide) groups is 1. The van der Waals surface area contributed by atoms with Gasteiger partial charge in [-0.05, 0) is 26.0 Å². The van der Waals surface area contributed by atoms with Crippen molar-refractivity contribution in [3.05, 3.63) is 46.2 Å². The summed E-state index contributed by atoms with van der Waals surface area (Å²) in [6.45, 7) is 8.96. The van der Waals surface area contributed by atoms with E-state index in [1.54, 1.807) is 37.3 Å². The average molecular weight is 419 g/mol. The van der Waals surface area contributed by atoms with Crippen LogP contribution in [0.25, 0.3) is 0 Å². The molecule has 1 heterocycles. The molecule has 0 aliphatic carbocycles. The van der Waals surface area contributed by atoms with Crippen LogP contribution in [0.1, 0.15) is 37.6 Å². The number of amides is 2. The van der Waals surface area contributed by atoms with Crippen LogP contribution < -0.4 is 21.1 Å². The van der Waals surface area contributed by atoms with Crippen LogP contribution in [-0.2, 0) is 4.79 Å². The Labute approximate surface area is 174 Å². The fraction of sp³-hybridized carbons (Fsp3) is 0.400. The first kappa shape index (κ1) is 22.6. The summed E-state index contributed by atoms with van der Waals surface area (Å²) in [4.78, 5) is 45.5. The molecule has 0 aliphatic heterocycles. The first-order valence-corrected chi connectivity index (χ1v) is 10.7. The Bertz CT molecular complexity index is 881. The summed E-state index contributed by atoms with van der Waals surface area (Å²) in [6, 6.07) is 8.54. The molecule has 0 spiro atoms. The summed E-state index contributed by atoms with van der Waals surface area (Å²) in [6.07, 6.45) is 0.231. The number of H-pyrrole nitrogens is 1. The number of nitrogens with zero attached hydrogens (tertiary/aromatic N) is 1. The van der Waals surface area contributed by atoms with Gasteiger partial charge in [0.25, 0.3) is 11.5 Å². The van der Waals surface area contributed by atoms with Crippen molar-refractivity contribution in [2.45, 2.75) is 32.3 Å². The van der Waals surface area contributed by atoms with Crippen molar-refractivity contribution in [3.63, 3.8) is 0 Å². The van der Waals surface area contributed by atoms with Crippen molar-refractivity contribution >= 4 is 35.1 Å². The van der Waals surface area contributed by atoms with E-state index in [0.717, 1.165) is 25.4 Å². The van der Waals surface area contributed by atoms with Gasteiger partial charge in [-0.1, -0.05) is 36.9 Å². The molecule has 0 saturated carbocycles. The van der Waals surface area contributed by atoms with E-state index in [1.807, 2.05) is 0 Å². The van der Waals surface area contributed by atoms with E-state index in [0.29, 0.717) is 10.7 Å². The van der Waals surface area contributed by atoms with Crippen molar-refractivity contribution in [2.75, 3.05) is 36.0 Å². The average Bonchev–Trinajstić information content (AvgIpc) is 2.74. The van der Waals surface area contributed by atoms with Gasteiger partial charge < -0.3 is 15.5 Å². The zero-order valence-electron chi connectivity index (χ0n) is 17.0. The largest absolute Gasteiger partial charge is 0.335 e. The van der Waals surface area contributed by atoms with E-state index in [2.05, 4.69) is 34.4 Å². The second kappa shape index (κ2) is 11.4. The molecule has 29 heavy (non-hydrogen) atoms. The number of hydrogen-bond acceptors (Lipinski definition) is 5. The lowest BCUT2D eigenvalue weighted by molar-refractivity contribution is -0.893. The maximum Gasteiger partial charge on any atom is 0.277 e. The lowest BCUT2D eigenvalue weighted by Crippen LogP contribution is -3.11. The minimum Gasteiger partial charge on any atom is -0.335 e. The predicted molar refractivity (Wildman–Crippen MR) is 116 cm³/mol. The zero-order valence-corrected chi connectivity index (χ0v) is 17.8. The third-order valence-corrected chi connectivity index (χ3v) is 5.32. The molecule has 1 aromatic carbocycles. The standard InChI is InChI=1S/C20H27N5O3S/c1-4-15(26)21-17-16(22-18(27)14-10-8-7-9-11-14)19(28)24-20(23-17)29-13-12-25(5-2)6-3/h7-11H,4-6,12-13H2,1-3H3,(H,22,27)(H2,21,23,24,26,28)/p+1. The number of aromatic amines is 1. The maximum absolute atomic E-state index is 12.6. The highest BCUT2D eigenvalue weighted by molar-refractivity contribution is 7.99. The monoisotopic (exact) mass is 418 g/mol. The second-order valence-electron chi connectivity index (χ2n) is 6.37. The molecule has 4 N–H and O–H groups in total. The van der Waals surface area contributed by atoms with Crippen LogP contribution >= 0.6 is 11.8 Å². The summed E-state index contributed by atoms with van der Waals surface area (Å²) < 4.78 is 0. The van der Waals surface area contributed by atoms with Gasteiger partial charge >= 0.3 is 0 Å². The molecule has 0 aliphatic rings. The molecule has 2 amide bonds. The Morgan fingerprint density at radius 2 is 1.79 bits per heavy atom. The SMILES string of the molecule is CCC(=O)Nc1nc(SCC[NH+](CC)CC)[nH]c(=O)c1NC(=O)c1ccccc1. The van der Waals surface area contributed by atoms with Crippen molar-refractivity contribution in [1.82, 2.24) is 9.97 Å². The van der Waals surface area contributed by atoms with Gasteiger partial charge in [-0.2, -0.15) is 0 Å². The molecule has 2 rings (SSSR count). The van der Waals surface area contributed by atoms with Crippen LogP contribution in [0.2, 0.25) is 0 Å². The number of rotatable bonds is 10. The molecule has 0 unspecified atom stereocenters. The van der Waals surface area contributed by atoms with Crippen molar-refractivity contribution < 1.29 is 14.5 Å². The van der Waals surface area contributed by atoms with E-state index in [-0.39, 0.29) is 23.8 Å². The first-order chi connectivity index (χ1) is 14.0. The molecular weight excluding hydrogens is 390 g/mol. The maximum atomic E-state index is 12.6. The lowest BCUT2D eigenvalue weighted by atomic mass is 10.2. The van der Waals surface area contributed by atoms with E-state index in [1.165, 1.54) is 16.7 Å². The third-order valence-electron chi connectivity index (χ3n) is 4.45. The van der Waals surface area contributed by atoms with Crippen LogP contribution in [0.4, 0.5) is 11.5 Å². The van der Waals surface area contributed by atoms with Gasteiger partial charge in [0.2, 0.25) is 5.91 Å². The Morgan fingerprint density at radius 1 is 1.10 bits per heavy atom. The molecule has 0 fully saturated rings. The molecule has 0 bridgehead atoms. The number of aromatic nitrogens is 2. The van der Waals surface area contributed by atoms with Gasteiger partial charge in [-0.25, -0.2) is 4.98 Å². The van der Waals surface area contributed by atoms with Crippen LogP contribution in [-0.4, -0.2) is 47.2 Å². The van der Waals surface area contributed by atoms with Crippen LogP contribution in [0, 0.1) is 0 Å². The Kier molecular flexibility index (Phi) is 8.88. The molecule has 8 nitrogen and oxygen atoms in total. The quantitative estimate of drug-likeness (QED) is 0.344. The van der Waals surface area contributed by atoms with E-state index in [4.69, 9.17) is 0 Å². The molecule has 2 aromatic rings. The highest BCUT2D eigenvalue weighted by Gasteiger charge is 2.17. The molecule has 0 saturated heterocycles. The van der Waals surface area contributed by atoms with Crippen LogP contribution in [0.15, 0.2) is 40.3 Å². The molecule has 9 heteroatoms. The lowest BCUT2D eigenvalue weighted by Gasteiger charge is -2.15. The predicted octanol–water partition coefficient (Wildman–Crippen LogP) is 1.39. The zero-order chi connectivity index (χ0) is 21.2. The van der Waals surface area contributed by atoms with Gasteiger partial charge in [-0.15, -0.1) is 0 Å². The number of carbonyl (C=O) groups is 2. The molecular formula is C20H28N5O3S+. The number of anilines is 2. The summed E-state index contributed by atoms with van der Waals surface area (Å²) in [5.41, 5.74) is -0.173. The van der Waals surface area contributed by atoms with Crippen LogP contribution in [0.5, 0.6) is 0 Å². The highest BCUT2D eigenvalue weighted by Crippen LogP contribution is 2.20. The minimum absolute atomic E-state index is 0.0579. The fourth-order valence-corrected chi connectivity index (χ4v) is 3.52. The molecule has 0 atom stereocenters. The summed E-state index contributed by atoms with van der Waals surface area (Å²) in [7, 11) is 0. The minimum atomic E-state index is -0.506. The number of hydrogen-bond donors (Lipinski definition) is 4. The van der Waals surface area contributed by atoms with Gasteiger partial charge in [0.1, 0.15) is 0 Å². The van der Waals surface area contributed by atoms with E-state index >= 15 is 0 Å². The molecule has 0 radical (unpaired) electrons. The number of carbonyl (C=O) groups excluding carboxylic acids is 2.